The number of amides is 1. The molecule has 5 nitrogen and oxygen atoms in total. The van der Waals surface area contributed by atoms with Gasteiger partial charge in [-0.25, -0.2) is 0 Å². The molecule has 0 aromatic carbocycles. The Kier molecular flexibility index (Phi) is 3.77. The molecule has 1 saturated heterocycles. The van der Waals surface area contributed by atoms with Crippen LogP contribution in [0.1, 0.15) is 13.8 Å². The predicted molar refractivity (Wildman–Crippen MR) is 75.2 cm³/mol. The lowest BCUT2D eigenvalue weighted by Gasteiger charge is -2.14. The monoisotopic (exact) mass is 297 g/mol. The fraction of sp³-hybridized carbons (Fsp3) is 0.250. The van der Waals surface area contributed by atoms with Crippen LogP contribution in [0.4, 0.5) is 0 Å². The molecule has 2 aliphatic rings. The first-order valence-electron chi connectivity index (χ1n) is 5.42. The van der Waals surface area contributed by atoms with Crippen molar-refractivity contribution in [1.82, 2.24) is 4.90 Å². The van der Waals surface area contributed by atoms with Gasteiger partial charge in [-0.1, -0.05) is 24.0 Å². The van der Waals surface area contributed by atoms with Crippen molar-refractivity contribution in [2.24, 2.45) is 0 Å². The Morgan fingerprint density at radius 3 is 2.53 bits per heavy atom. The summed E-state index contributed by atoms with van der Waals surface area (Å²) in [6.07, 6.45) is 3.47. The van der Waals surface area contributed by atoms with Crippen molar-refractivity contribution in [2.45, 2.75) is 13.8 Å². The number of hydrogen-bond acceptors (Lipinski definition) is 5. The van der Waals surface area contributed by atoms with E-state index in [1.165, 1.54) is 0 Å². The highest BCUT2D eigenvalue weighted by molar-refractivity contribution is 8.26. The van der Waals surface area contributed by atoms with Crippen molar-refractivity contribution in [3.05, 3.63) is 34.1 Å². The standard InChI is InChI=1S/C12H11NO4S2/c1-6-3-8(4-7(2)17-6)10-11(16)13(5-9(14)15)12(18)19-10/h3-4H,5H2,1-2H3,(H,14,15). The predicted octanol–water partition coefficient (Wildman–Crippen LogP) is 2.02. The third-order valence-electron chi connectivity index (χ3n) is 2.44. The van der Waals surface area contributed by atoms with Gasteiger partial charge in [0, 0.05) is 5.57 Å². The number of hydrogen-bond donors (Lipinski definition) is 1. The Balaban J connectivity index is 2.37. The molecule has 100 valence electrons. The topological polar surface area (TPSA) is 66.8 Å². The second kappa shape index (κ2) is 5.18. The molecule has 2 aliphatic heterocycles. The van der Waals surface area contributed by atoms with Crippen LogP contribution in [0.2, 0.25) is 0 Å². The van der Waals surface area contributed by atoms with Crippen molar-refractivity contribution in [3.8, 4) is 0 Å². The number of carbonyl (C=O) groups excluding carboxylic acids is 1. The van der Waals surface area contributed by atoms with Crippen LogP contribution in [0, 0.1) is 0 Å². The molecule has 19 heavy (non-hydrogen) atoms. The van der Waals surface area contributed by atoms with Gasteiger partial charge < -0.3 is 9.84 Å². The molecule has 1 amide bonds. The maximum Gasteiger partial charge on any atom is 0.323 e. The molecule has 0 aliphatic carbocycles. The van der Waals surface area contributed by atoms with E-state index in [1.807, 2.05) is 0 Å². The molecule has 2 heterocycles. The molecule has 1 fully saturated rings. The van der Waals surface area contributed by atoms with E-state index < -0.39 is 12.5 Å². The number of carboxylic acid groups (broad SMARTS) is 1. The van der Waals surface area contributed by atoms with Gasteiger partial charge in [0.15, 0.2) is 0 Å². The summed E-state index contributed by atoms with van der Waals surface area (Å²) in [6, 6.07) is 0. The second-order valence-corrected chi connectivity index (χ2v) is 5.69. The molecule has 7 heteroatoms. The highest BCUT2D eigenvalue weighted by atomic mass is 32.2. The molecular formula is C12H11NO4S2. The van der Waals surface area contributed by atoms with Crippen molar-refractivity contribution in [2.75, 3.05) is 6.54 Å². The van der Waals surface area contributed by atoms with E-state index in [4.69, 9.17) is 22.1 Å². The van der Waals surface area contributed by atoms with Crippen LogP contribution in [-0.4, -0.2) is 32.7 Å². The minimum absolute atomic E-state index is 0.262. The number of ether oxygens (including phenoxy) is 1. The molecule has 0 aromatic rings. The summed E-state index contributed by atoms with van der Waals surface area (Å²) >= 11 is 6.15. The number of carboxylic acids is 1. The number of carbonyl (C=O) groups is 2. The van der Waals surface area contributed by atoms with Crippen molar-refractivity contribution >= 4 is 40.2 Å². The fourth-order valence-electron chi connectivity index (χ4n) is 1.77. The SMILES string of the molecule is CC1=CC(=C2SC(=S)N(CC(=O)O)C2=O)C=C(C)O1. The molecule has 1 N–H and O–H groups in total. The van der Waals surface area contributed by atoms with E-state index in [1.54, 1.807) is 26.0 Å². The lowest BCUT2D eigenvalue weighted by molar-refractivity contribution is -0.140. The summed E-state index contributed by atoms with van der Waals surface area (Å²) in [5, 5.41) is 8.77. The van der Waals surface area contributed by atoms with E-state index in [2.05, 4.69) is 0 Å². The van der Waals surface area contributed by atoms with Gasteiger partial charge in [0.1, 0.15) is 22.4 Å². The van der Waals surface area contributed by atoms with Crippen molar-refractivity contribution < 1.29 is 19.4 Å². The zero-order chi connectivity index (χ0) is 14.2. The maximum atomic E-state index is 12.2. The van der Waals surface area contributed by atoms with Gasteiger partial charge in [-0.3, -0.25) is 14.5 Å². The first-order chi connectivity index (χ1) is 8.88. The van der Waals surface area contributed by atoms with Gasteiger partial charge in [-0.15, -0.1) is 0 Å². The average molecular weight is 297 g/mol. The Morgan fingerprint density at radius 1 is 1.42 bits per heavy atom. The summed E-state index contributed by atoms with van der Waals surface area (Å²) in [5.74, 6) is -0.104. The van der Waals surface area contributed by atoms with Crippen LogP contribution in [0.5, 0.6) is 0 Å². The summed E-state index contributed by atoms with van der Waals surface area (Å²) in [4.78, 5) is 24.4. The van der Waals surface area contributed by atoms with E-state index >= 15 is 0 Å². The third kappa shape index (κ3) is 2.87. The van der Waals surface area contributed by atoms with Gasteiger partial charge in [-0.05, 0) is 26.0 Å². The van der Waals surface area contributed by atoms with Gasteiger partial charge in [-0.2, -0.15) is 0 Å². The quantitative estimate of drug-likeness (QED) is 0.621. The summed E-state index contributed by atoms with van der Waals surface area (Å²) in [5.41, 5.74) is 0.700. The summed E-state index contributed by atoms with van der Waals surface area (Å²) < 4.78 is 5.62. The minimum Gasteiger partial charge on any atom is -0.480 e. The Labute approximate surface area is 119 Å². The molecule has 0 unspecified atom stereocenters. The molecule has 0 radical (unpaired) electrons. The van der Waals surface area contributed by atoms with Gasteiger partial charge in [0.2, 0.25) is 0 Å². The number of aliphatic carboxylic acids is 1. The molecule has 0 spiro atoms. The number of thioether (sulfide) groups is 1. The Morgan fingerprint density at radius 2 is 2.00 bits per heavy atom. The van der Waals surface area contributed by atoms with Crippen LogP contribution in [0.15, 0.2) is 34.1 Å². The zero-order valence-corrected chi connectivity index (χ0v) is 11.9. The maximum absolute atomic E-state index is 12.2. The largest absolute Gasteiger partial charge is 0.480 e. The van der Waals surface area contributed by atoms with Crippen molar-refractivity contribution in [1.29, 1.82) is 0 Å². The third-order valence-corrected chi connectivity index (χ3v) is 3.92. The molecule has 2 rings (SSSR count). The first-order valence-corrected chi connectivity index (χ1v) is 6.65. The minimum atomic E-state index is -1.09. The van der Waals surface area contributed by atoms with Crippen LogP contribution in [0.25, 0.3) is 0 Å². The highest BCUT2D eigenvalue weighted by Gasteiger charge is 2.35. The Bertz CT molecular complexity index is 554. The van der Waals surface area contributed by atoms with Gasteiger partial charge in [0.05, 0.1) is 4.91 Å². The zero-order valence-electron chi connectivity index (χ0n) is 10.3. The molecule has 0 saturated carbocycles. The van der Waals surface area contributed by atoms with E-state index in [-0.39, 0.29) is 10.2 Å². The number of rotatable bonds is 2. The van der Waals surface area contributed by atoms with Crippen LogP contribution in [0.3, 0.4) is 0 Å². The second-order valence-electron chi connectivity index (χ2n) is 4.05. The fourth-order valence-corrected chi connectivity index (χ4v) is 3.03. The lowest BCUT2D eigenvalue weighted by Crippen LogP contribution is -2.33. The number of allylic oxidation sites excluding steroid dienone is 5. The molecule has 0 aromatic heterocycles. The average Bonchev–Trinajstić information content (AvgIpc) is 2.55. The highest BCUT2D eigenvalue weighted by Crippen LogP contribution is 2.36. The summed E-state index contributed by atoms with van der Waals surface area (Å²) in [6.45, 7) is 3.16. The van der Waals surface area contributed by atoms with Gasteiger partial charge in [0.25, 0.3) is 5.91 Å². The normalized spacial score (nSPS) is 19.4. The Hall–Kier alpha value is -1.60. The first kappa shape index (κ1) is 13.8. The van der Waals surface area contributed by atoms with E-state index in [0.29, 0.717) is 22.0 Å². The number of thiocarbonyl (C=S) groups is 1. The molecule has 0 atom stereocenters. The van der Waals surface area contributed by atoms with E-state index in [0.717, 1.165) is 16.7 Å². The smallest absolute Gasteiger partial charge is 0.323 e. The van der Waals surface area contributed by atoms with Gasteiger partial charge >= 0.3 is 5.97 Å². The van der Waals surface area contributed by atoms with Crippen LogP contribution >= 0.6 is 24.0 Å². The number of nitrogens with zero attached hydrogens (tertiary/aromatic N) is 1. The lowest BCUT2D eigenvalue weighted by atomic mass is 10.1. The van der Waals surface area contributed by atoms with E-state index in [9.17, 15) is 9.59 Å². The van der Waals surface area contributed by atoms with Crippen LogP contribution in [-0.2, 0) is 14.3 Å². The molecule has 0 bridgehead atoms. The van der Waals surface area contributed by atoms with Crippen molar-refractivity contribution in [3.63, 3.8) is 0 Å². The molecular weight excluding hydrogens is 286 g/mol. The van der Waals surface area contributed by atoms with Crippen LogP contribution < -0.4 is 0 Å². The summed E-state index contributed by atoms with van der Waals surface area (Å²) in [7, 11) is 0.